The third-order valence-electron chi connectivity index (χ3n) is 6.34. The van der Waals surface area contributed by atoms with Gasteiger partial charge in [-0.25, -0.2) is 9.48 Å². The van der Waals surface area contributed by atoms with Gasteiger partial charge in [0.2, 0.25) is 0 Å². The first-order valence-corrected chi connectivity index (χ1v) is 13.4. The van der Waals surface area contributed by atoms with Crippen LogP contribution in [0.5, 0.6) is 0 Å². The fourth-order valence-electron chi connectivity index (χ4n) is 4.45. The average molecular weight is 603 g/mol. The molecule has 0 fully saturated rings. The van der Waals surface area contributed by atoms with E-state index in [1.54, 1.807) is 36.4 Å². The number of aromatic nitrogens is 3. The molecule has 0 amide bonds. The molecule has 0 saturated carbocycles. The van der Waals surface area contributed by atoms with Gasteiger partial charge in [0.1, 0.15) is 0 Å². The van der Waals surface area contributed by atoms with Crippen LogP contribution in [-0.2, 0) is 13.1 Å². The molecular weight excluding hydrogens is 582 g/mol. The Hall–Kier alpha value is -3.52. The van der Waals surface area contributed by atoms with Crippen LogP contribution in [0.15, 0.2) is 95.8 Å². The molecule has 0 aliphatic carbocycles. The molecule has 0 radical (unpaired) electrons. The van der Waals surface area contributed by atoms with Crippen molar-refractivity contribution in [1.29, 1.82) is 0 Å². The van der Waals surface area contributed by atoms with Crippen molar-refractivity contribution < 1.29 is 13.2 Å². The van der Waals surface area contributed by atoms with Crippen molar-refractivity contribution in [2.24, 2.45) is 0 Å². The predicted molar refractivity (Wildman–Crippen MR) is 154 cm³/mol. The maximum atomic E-state index is 13.4. The van der Waals surface area contributed by atoms with E-state index in [0.717, 1.165) is 26.8 Å². The summed E-state index contributed by atoms with van der Waals surface area (Å²) in [6.45, 7) is -0.557. The SMILES string of the molecule is O=c1n(Cc2cc(-c3ccccc3Cl)cc(-c3ccccc3Cl)c2)nc(-c2ccc(Cl)cc2)n1CCC(F)(F)F. The van der Waals surface area contributed by atoms with Crippen molar-refractivity contribution in [1.82, 2.24) is 14.3 Å². The molecule has 4 aromatic carbocycles. The van der Waals surface area contributed by atoms with Crippen LogP contribution in [0.2, 0.25) is 15.1 Å². The molecule has 0 bridgehead atoms. The molecule has 1 aromatic heterocycles. The van der Waals surface area contributed by atoms with Crippen molar-refractivity contribution in [2.45, 2.75) is 25.7 Å². The summed E-state index contributed by atoms with van der Waals surface area (Å²) >= 11 is 19.0. The molecule has 5 rings (SSSR count). The maximum Gasteiger partial charge on any atom is 0.390 e. The highest BCUT2D eigenvalue weighted by molar-refractivity contribution is 6.34. The summed E-state index contributed by atoms with van der Waals surface area (Å²) in [6.07, 6.45) is -5.61. The first-order chi connectivity index (χ1) is 19.1. The molecule has 0 spiro atoms. The van der Waals surface area contributed by atoms with Gasteiger partial charge in [0.15, 0.2) is 5.82 Å². The van der Waals surface area contributed by atoms with Crippen LogP contribution in [0.3, 0.4) is 0 Å². The van der Waals surface area contributed by atoms with Crippen LogP contribution >= 0.6 is 34.8 Å². The molecule has 204 valence electrons. The number of alkyl halides is 3. The van der Waals surface area contributed by atoms with Crippen LogP contribution < -0.4 is 5.69 Å². The predicted octanol–water partition coefficient (Wildman–Crippen LogP) is 9.01. The quantitative estimate of drug-likeness (QED) is 0.187. The van der Waals surface area contributed by atoms with Crippen molar-refractivity contribution >= 4 is 34.8 Å². The second kappa shape index (κ2) is 11.5. The van der Waals surface area contributed by atoms with E-state index < -0.39 is 24.8 Å². The van der Waals surface area contributed by atoms with E-state index in [0.29, 0.717) is 26.2 Å². The van der Waals surface area contributed by atoms with Crippen LogP contribution in [0, 0.1) is 0 Å². The first kappa shape index (κ1) is 28.0. The molecule has 40 heavy (non-hydrogen) atoms. The summed E-state index contributed by atoms with van der Waals surface area (Å²) in [4.78, 5) is 13.4. The number of hydrogen-bond donors (Lipinski definition) is 0. The summed E-state index contributed by atoms with van der Waals surface area (Å²) in [7, 11) is 0. The van der Waals surface area contributed by atoms with Gasteiger partial charge in [0.25, 0.3) is 0 Å². The minimum atomic E-state index is -4.44. The summed E-state index contributed by atoms with van der Waals surface area (Å²) in [6, 6.07) is 26.9. The normalized spacial score (nSPS) is 11.7. The van der Waals surface area contributed by atoms with E-state index in [1.165, 1.54) is 4.68 Å². The zero-order chi connectivity index (χ0) is 28.4. The zero-order valence-electron chi connectivity index (χ0n) is 20.8. The number of nitrogens with zero attached hydrogens (tertiary/aromatic N) is 3. The first-order valence-electron chi connectivity index (χ1n) is 12.2. The van der Waals surface area contributed by atoms with E-state index >= 15 is 0 Å². The summed E-state index contributed by atoms with van der Waals surface area (Å²) < 4.78 is 41.5. The van der Waals surface area contributed by atoms with Gasteiger partial charge in [-0.15, -0.1) is 5.10 Å². The Morgan fingerprint density at radius 1 is 0.725 bits per heavy atom. The Kier molecular flexibility index (Phi) is 8.08. The van der Waals surface area contributed by atoms with E-state index in [2.05, 4.69) is 5.10 Å². The van der Waals surface area contributed by atoms with E-state index in [-0.39, 0.29) is 12.4 Å². The molecule has 0 unspecified atom stereocenters. The fourth-order valence-corrected chi connectivity index (χ4v) is 5.07. The largest absolute Gasteiger partial charge is 0.390 e. The molecule has 0 saturated heterocycles. The van der Waals surface area contributed by atoms with Crippen molar-refractivity contribution in [3.05, 3.63) is 122 Å². The number of rotatable bonds is 7. The van der Waals surface area contributed by atoms with Gasteiger partial charge in [0, 0.05) is 38.3 Å². The molecule has 0 aliphatic rings. The topological polar surface area (TPSA) is 39.8 Å². The summed E-state index contributed by atoms with van der Waals surface area (Å²) in [5.41, 5.74) is 3.66. The lowest BCUT2D eigenvalue weighted by Gasteiger charge is -2.12. The lowest BCUT2D eigenvalue weighted by Crippen LogP contribution is -2.27. The van der Waals surface area contributed by atoms with Gasteiger partial charge in [0.05, 0.1) is 13.0 Å². The monoisotopic (exact) mass is 601 g/mol. The molecule has 1 heterocycles. The zero-order valence-corrected chi connectivity index (χ0v) is 23.1. The van der Waals surface area contributed by atoms with Crippen molar-refractivity contribution in [3.8, 4) is 33.6 Å². The molecule has 0 N–H and O–H groups in total. The highest BCUT2D eigenvalue weighted by atomic mass is 35.5. The van der Waals surface area contributed by atoms with E-state index in [1.807, 2.05) is 54.6 Å². The van der Waals surface area contributed by atoms with Crippen LogP contribution in [-0.4, -0.2) is 20.5 Å². The second-order valence-corrected chi connectivity index (χ2v) is 10.4. The van der Waals surface area contributed by atoms with Gasteiger partial charge in [-0.3, -0.25) is 4.57 Å². The number of hydrogen-bond acceptors (Lipinski definition) is 2. The van der Waals surface area contributed by atoms with Gasteiger partial charge >= 0.3 is 11.9 Å². The Labute approximate surface area is 243 Å². The minimum Gasteiger partial charge on any atom is -0.275 e. The number of benzene rings is 4. The molecule has 5 aromatic rings. The van der Waals surface area contributed by atoms with Gasteiger partial charge in [-0.1, -0.05) is 71.2 Å². The van der Waals surface area contributed by atoms with E-state index in [9.17, 15) is 18.0 Å². The maximum absolute atomic E-state index is 13.4. The Morgan fingerprint density at radius 2 is 1.27 bits per heavy atom. The van der Waals surface area contributed by atoms with Gasteiger partial charge in [-0.05, 0) is 71.3 Å². The smallest absolute Gasteiger partial charge is 0.275 e. The lowest BCUT2D eigenvalue weighted by atomic mass is 9.96. The van der Waals surface area contributed by atoms with Crippen LogP contribution in [0.1, 0.15) is 12.0 Å². The summed E-state index contributed by atoms with van der Waals surface area (Å²) in [5, 5.41) is 5.99. The second-order valence-electron chi connectivity index (χ2n) is 9.17. The molecule has 0 atom stereocenters. The van der Waals surface area contributed by atoms with Gasteiger partial charge in [-0.2, -0.15) is 13.2 Å². The summed E-state index contributed by atoms with van der Waals surface area (Å²) in [5.74, 6) is 0.125. The molecule has 10 heteroatoms. The molecule has 4 nitrogen and oxygen atoms in total. The Balaban J connectivity index is 1.62. The van der Waals surface area contributed by atoms with Crippen LogP contribution in [0.4, 0.5) is 13.2 Å². The third kappa shape index (κ3) is 6.28. The molecular formula is C30H21Cl3F3N3O. The van der Waals surface area contributed by atoms with Crippen molar-refractivity contribution in [2.75, 3.05) is 0 Å². The fraction of sp³-hybridized carbons (Fsp3) is 0.133. The third-order valence-corrected chi connectivity index (χ3v) is 7.25. The minimum absolute atomic E-state index is 0.00812. The Bertz CT molecular complexity index is 1660. The van der Waals surface area contributed by atoms with E-state index in [4.69, 9.17) is 34.8 Å². The average Bonchev–Trinajstić information content (AvgIpc) is 3.22. The highest BCUT2D eigenvalue weighted by Gasteiger charge is 2.28. The van der Waals surface area contributed by atoms with Crippen LogP contribution in [0.25, 0.3) is 33.6 Å². The Morgan fingerprint density at radius 3 is 1.80 bits per heavy atom. The highest BCUT2D eigenvalue weighted by Crippen LogP contribution is 2.35. The number of halogens is 6. The van der Waals surface area contributed by atoms with Gasteiger partial charge < -0.3 is 0 Å². The lowest BCUT2D eigenvalue weighted by molar-refractivity contribution is -0.136. The van der Waals surface area contributed by atoms with Crippen molar-refractivity contribution in [3.63, 3.8) is 0 Å². The molecule has 0 aliphatic heterocycles. The standard InChI is InChI=1S/C30H21Cl3F3N3O/c31-23-11-9-20(10-12-23)28-37-39(29(40)38(28)14-13-30(34,35)36)18-19-15-21(24-5-1-3-7-26(24)32)17-22(16-19)25-6-2-4-8-27(25)33/h1-12,15-17H,13-14,18H2.